The Morgan fingerprint density at radius 3 is 2.93 bits per heavy atom. The largest absolute Gasteiger partial charge is 0.379 e. The van der Waals surface area contributed by atoms with Crippen LogP contribution in [0.2, 0.25) is 0 Å². The maximum absolute atomic E-state index is 11.9. The molecular formula is C10H15N3O2. The summed E-state index contributed by atoms with van der Waals surface area (Å²) in [5.41, 5.74) is 2.20. The normalized spacial score (nSPS) is 20.5. The first kappa shape index (κ1) is 10.2. The summed E-state index contributed by atoms with van der Waals surface area (Å²) in [7, 11) is 0. The molecule has 0 spiro atoms. The van der Waals surface area contributed by atoms with Crippen LogP contribution >= 0.6 is 0 Å². The van der Waals surface area contributed by atoms with Crippen LogP contribution in [0.4, 0.5) is 0 Å². The number of hydrogen-bond donors (Lipinski definition) is 2. The molecule has 0 saturated carbocycles. The quantitative estimate of drug-likeness (QED) is 0.747. The van der Waals surface area contributed by atoms with Crippen LogP contribution in [0.15, 0.2) is 0 Å². The van der Waals surface area contributed by atoms with E-state index in [0.29, 0.717) is 12.2 Å². The lowest BCUT2D eigenvalue weighted by Crippen LogP contribution is -2.35. The molecule has 1 saturated heterocycles. The third kappa shape index (κ3) is 2.02. The molecule has 5 heteroatoms. The van der Waals surface area contributed by atoms with Crippen molar-refractivity contribution in [2.45, 2.75) is 26.3 Å². The molecule has 2 N–H and O–H groups in total. The smallest absolute Gasteiger partial charge is 0.255 e. The molecule has 82 valence electrons. The van der Waals surface area contributed by atoms with Crippen LogP contribution in [0.1, 0.15) is 28.2 Å². The van der Waals surface area contributed by atoms with Gasteiger partial charge in [0.05, 0.1) is 23.9 Å². The highest BCUT2D eigenvalue weighted by atomic mass is 16.5. The van der Waals surface area contributed by atoms with E-state index >= 15 is 0 Å². The van der Waals surface area contributed by atoms with Crippen molar-refractivity contribution >= 4 is 5.91 Å². The number of carbonyl (C=O) groups excluding carboxylic acids is 1. The Balaban J connectivity index is 2.07. The number of aromatic amines is 1. The van der Waals surface area contributed by atoms with E-state index < -0.39 is 0 Å². The number of carbonyl (C=O) groups is 1. The highest BCUT2D eigenvalue weighted by Crippen LogP contribution is 2.11. The molecule has 0 bridgehead atoms. The van der Waals surface area contributed by atoms with Gasteiger partial charge in [0.1, 0.15) is 0 Å². The zero-order valence-electron chi connectivity index (χ0n) is 8.96. The summed E-state index contributed by atoms with van der Waals surface area (Å²) in [4.78, 5) is 11.9. The molecule has 1 atom stereocenters. The Labute approximate surface area is 88.2 Å². The van der Waals surface area contributed by atoms with Gasteiger partial charge in [0.2, 0.25) is 0 Å². The number of aromatic nitrogens is 2. The predicted molar refractivity (Wildman–Crippen MR) is 54.8 cm³/mol. The van der Waals surface area contributed by atoms with Gasteiger partial charge in [-0.1, -0.05) is 0 Å². The Morgan fingerprint density at radius 1 is 1.60 bits per heavy atom. The Kier molecular flexibility index (Phi) is 2.73. The average molecular weight is 209 g/mol. The second-order valence-electron chi connectivity index (χ2n) is 3.84. The average Bonchev–Trinajstić information content (AvgIpc) is 2.77. The highest BCUT2D eigenvalue weighted by molar-refractivity contribution is 5.96. The topological polar surface area (TPSA) is 67.0 Å². The molecule has 2 heterocycles. The number of rotatable bonds is 2. The Bertz CT molecular complexity index is 347. The van der Waals surface area contributed by atoms with Gasteiger partial charge >= 0.3 is 0 Å². The van der Waals surface area contributed by atoms with Crippen LogP contribution in [0.3, 0.4) is 0 Å². The molecule has 1 aliphatic heterocycles. The van der Waals surface area contributed by atoms with Crippen LogP contribution in [0.25, 0.3) is 0 Å². The SMILES string of the molecule is Cc1n[nH]c(C)c1C(=O)NC1CCOC1. The van der Waals surface area contributed by atoms with Crippen molar-refractivity contribution in [2.75, 3.05) is 13.2 Å². The summed E-state index contributed by atoms with van der Waals surface area (Å²) in [6.45, 7) is 5.01. The van der Waals surface area contributed by atoms with E-state index in [1.54, 1.807) is 0 Å². The Morgan fingerprint density at radius 2 is 2.40 bits per heavy atom. The van der Waals surface area contributed by atoms with Gasteiger partial charge in [0, 0.05) is 12.3 Å². The maximum Gasteiger partial charge on any atom is 0.255 e. The molecule has 1 unspecified atom stereocenters. The van der Waals surface area contributed by atoms with Gasteiger partial charge in [-0.2, -0.15) is 5.10 Å². The van der Waals surface area contributed by atoms with Crippen LogP contribution in [-0.2, 0) is 4.74 Å². The van der Waals surface area contributed by atoms with Gasteiger partial charge in [0.15, 0.2) is 0 Å². The van der Waals surface area contributed by atoms with Gasteiger partial charge in [-0.15, -0.1) is 0 Å². The minimum atomic E-state index is -0.0609. The predicted octanol–water partition coefficient (Wildman–Crippen LogP) is 0.545. The zero-order valence-corrected chi connectivity index (χ0v) is 8.96. The molecule has 15 heavy (non-hydrogen) atoms. The fourth-order valence-electron chi connectivity index (χ4n) is 1.79. The fourth-order valence-corrected chi connectivity index (χ4v) is 1.79. The van der Waals surface area contributed by atoms with Crippen LogP contribution in [0, 0.1) is 13.8 Å². The number of H-pyrrole nitrogens is 1. The number of aryl methyl sites for hydroxylation is 2. The van der Waals surface area contributed by atoms with Gasteiger partial charge in [-0.3, -0.25) is 9.89 Å². The number of nitrogens with one attached hydrogen (secondary N) is 2. The second-order valence-corrected chi connectivity index (χ2v) is 3.84. The zero-order chi connectivity index (χ0) is 10.8. The summed E-state index contributed by atoms with van der Waals surface area (Å²) in [5, 5.41) is 9.73. The van der Waals surface area contributed by atoms with Gasteiger partial charge in [0.25, 0.3) is 5.91 Å². The van der Waals surface area contributed by atoms with Crippen LogP contribution in [-0.4, -0.2) is 35.4 Å². The number of amides is 1. The number of nitrogens with zero attached hydrogens (tertiary/aromatic N) is 1. The summed E-state index contributed by atoms with van der Waals surface area (Å²) >= 11 is 0. The van der Waals surface area contributed by atoms with E-state index in [1.165, 1.54) is 0 Å². The van der Waals surface area contributed by atoms with Crippen molar-refractivity contribution in [3.05, 3.63) is 17.0 Å². The van der Waals surface area contributed by atoms with Gasteiger partial charge in [-0.25, -0.2) is 0 Å². The molecule has 1 aromatic rings. The van der Waals surface area contributed by atoms with E-state index in [1.807, 2.05) is 13.8 Å². The molecule has 1 fully saturated rings. The maximum atomic E-state index is 11.9. The highest BCUT2D eigenvalue weighted by Gasteiger charge is 2.21. The summed E-state index contributed by atoms with van der Waals surface area (Å²) in [5.74, 6) is -0.0609. The molecular weight excluding hydrogens is 194 g/mol. The van der Waals surface area contributed by atoms with Gasteiger partial charge in [-0.05, 0) is 20.3 Å². The summed E-state index contributed by atoms with van der Waals surface area (Å²) in [6.07, 6.45) is 0.891. The minimum absolute atomic E-state index is 0.0609. The molecule has 0 aromatic carbocycles. The van der Waals surface area contributed by atoms with Crippen LogP contribution < -0.4 is 5.32 Å². The molecule has 1 amide bonds. The third-order valence-corrected chi connectivity index (χ3v) is 2.62. The lowest BCUT2D eigenvalue weighted by molar-refractivity contribution is 0.0929. The number of hydrogen-bond acceptors (Lipinski definition) is 3. The molecule has 0 radical (unpaired) electrons. The number of ether oxygens (including phenoxy) is 1. The summed E-state index contributed by atoms with van der Waals surface area (Å²) < 4.78 is 5.20. The van der Waals surface area contributed by atoms with Crippen molar-refractivity contribution in [1.29, 1.82) is 0 Å². The van der Waals surface area contributed by atoms with Crippen LogP contribution in [0.5, 0.6) is 0 Å². The third-order valence-electron chi connectivity index (χ3n) is 2.62. The molecule has 5 nitrogen and oxygen atoms in total. The van der Waals surface area contributed by atoms with E-state index in [9.17, 15) is 4.79 Å². The van der Waals surface area contributed by atoms with Crippen molar-refractivity contribution < 1.29 is 9.53 Å². The van der Waals surface area contributed by atoms with Gasteiger partial charge < -0.3 is 10.1 Å². The lowest BCUT2D eigenvalue weighted by Gasteiger charge is -2.10. The van der Waals surface area contributed by atoms with Crippen molar-refractivity contribution in [2.24, 2.45) is 0 Å². The molecule has 2 rings (SSSR count). The fraction of sp³-hybridized carbons (Fsp3) is 0.600. The van der Waals surface area contributed by atoms with Crippen molar-refractivity contribution in [3.63, 3.8) is 0 Å². The first-order valence-corrected chi connectivity index (χ1v) is 5.08. The molecule has 1 aliphatic rings. The molecule has 0 aliphatic carbocycles. The van der Waals surface area contributed by atoms with E-state index in [2.05, 4.69) is 15.5 Å². The van der Waals surface area contributed by atoms with E-state index in [-0.39, 0.29) is 11.9 Å². The van der Waals surface area contributed by atoms with Crippen molar-refractivity contribution in [1.82, 2.24) is 15.5 Å². The first-order valence-electron chi connectivity index (χ1n) is 5.08. The monoisotopic (exact) mass is 209 g/mol. The Hall–Kier alpha value is -1.36. The standard InChI is InChI=1S/C10H15N3O2/c1-6-9(7(2)13-12-6)10(14)11-8-3-4-15-5-8/h8H,3-5H2,1-2H3,(H,11,14)(H,12,13). The van der Waals surface area contributed by atoms with E-state index in [4.69, 9.17) is 4.74 Å². The van der Waals surface area contributed by atoms with Crippen molar-refractivity contribution in [3.8, 4) is 0 Å². The second kappa shape index (κ2) is 4.02. The lowest BCUT2D eigenvalue weighted by atomic mass is 10.1. The summed E-state index contributed by atoms with van der Waals surface area (Å²) in [6, 6.07) is 0.145. The first-order chi connectivity index (χ1) is 7.18. The minimum Gasteiger partial charge on any atom is -0.379 e. The molecule has 1 aromatic heterocycles. The van der Waals surface area contributed by atoms with E-state index in [0.717, 1.165) is 24.4 Å².